The molecule has 0 amide bonds. The Kier molecular flexibility index (Phi) is 41.1. The van der Waals surface area contributed by atoms with Crippen LogP contribution in [0.4, 0.5) is 0 Å². The Morgan fingerprint density at radius 2 is 0.912 bits per heavy atom. The van der Waals surface area contributed by atoms with Gasteiger partial charge in [-0.05, 0) is 25.3 Å². The Labute approximate surface area is 354 Å². The van der Waals surface area contributed by atoms with E-state index in [1.54, 1.807) is 6.26 Å². The minimum atomic E-state index is -4.54. The van der Waals surface area contributed by atoms with Crippen molar-refractivity contribution in [3.05, 3.63) is 12.3 Å². The normalized spacial score (nSPS) is 13.6. The SMILES string of the molecule is CCCCCCCCCCCCCCCC/C=C/OC[C@H](COP(=O)([O-])OCC[N+](C)(C)C)OC(=O)CCCCCCCCCCCCCCCCCCCCC. The predicted octanol–water partition coefficient (Wildman–Crippen LogP) is 14.3. The van der Waals surface area contributed by atoms with Gasteiger partial charge in [-0.15, -0.1) is 0 Å². The van der Waals surface area contributed by atoms with Gasteiger partial charge in [0, 0.05) is 6.42 Å². The Hall–Kier alpha value is -0.920. The number of phosphoric ester groups is 1. The number of carbonyl (C=O) groups is 1. The summed E-state index contributed by atoms with van der Waals surface area (Å²) in [6.45, 7) is 4.79. The molecule has 0 aliphatic rings. The number of quaternary nitrogens is 1. The summed E-state index contributed by atoms with van der Waals surface area (Å²) in [7, 11) is 1.34. The second-order valence-corrected chi connectivity index (χ2v) is 19.3. The highest BCUT2D eigenvalue weighted by Gasteiger charge is 2.20. The molecule has 9 heteroatoms. The van der Waals surface area contributed by atoms with Crippen LogP contribution in [0.1, 0.15) is 239 Å². The lowest BCUT2D eigenvalue weighted by atomic mass is 10.0. The van der Waals surface area contributed by atoms with E-state index in [2.05, 4.69) is 13.8 Å². The first kappa shape index (κ1) is 56.1. The van der Waals surface area contributed by atoms with Crippen molar-refractivity contribution >= 4 is 13.8 Å². The fourth-order valence-corrected chi connectivity index (χ4v) is 7.83. The second kappa shape index (κ2) is 41.8. The molecule has 0 aliphatic heterocycles. The molecular formula is C48H96NO7P. The summed E-state index contributed by atoms with van der Waals surface area (Å²) in [4.78, 5) is 25.1. The van der Waals surface area contributed by atoms with Crippen molar-refractivity contribution in [1.29, 1.82) is 0 Å². The molecule has 0 aliphatic carbocycles. The van der Waals surface area contributed by atoms with Crippen LogP contribution in [0.25, 0.3) is 0 Å². The fraction of sp³-hybridized carbons (Fsp3) is 0.938. The highest BCUT2D eigenvalue weighted by molar-refractivity contribution is 7.45. The quantitative estimate of drug-likeness (QED) is 0.0198. The van der Waals surface area contributed by atoms with E-state index in [1.807, 2.05) is 27.2 Å². The summed E-state index contributed by atoms with van der Waals surface area (Å²) in [6.07, 6.45) is 47.5. The highest BCUT2D eigenvalue weighted by atomic mass is 31.2. The number of hydrogen-bond donors (Lipinski definition) is 0. The molecule has 0 aromatic rings. The van der Waals surface area contributed by atoms with Crippen molar-refractivity contribution in [2.45, 2.75) is 245 Å². The van der Waals surface area contributed by atoms with Crippen LogP contribution in [-0.4, -0.2) is 64.1 Å². The molecule has 2 atom stereocenters. The topological polar surface area (TPSA) is 94.1 Å². The number of hydrogen-bond acceptors (Lipinski definition) is 7. The number of esters is 1. The molecule has 0 N–H and O–H groups in total. The lowest BCUT2D eigenvalue weighted by Crippen LogP contribution is -2.37. The number of likely N-dealkylation sites (N-methyl/N-ethyl adjacent to an activating group) is 1. The smallest absolute Gasteiger partial charge is 0.306 e. The van der Waals surface area contributed by atoms with Crippen LogP contribution >= 0.6 is 7.82 Å². The van der Waals surface area contributed by atoms with Gasteiger partial charge in [0.1, 0.15) is 19.8 Å². The van der Waals surface area contributed by atoms with E-state index >= 15 is 0 Å². The average molecular weight is 830 g/mol. The summed E-state index contributed by atoms with van der Waals surface area (Å²) in [5.41, 5.74) is 0. The Balaban J connectivity index is 4.17. The Morgan fingerprint density at radius 3 is 1.30 bits per heavy atom. The molecule has 0 aromatic carbocycles. The van der Waals surface area contributed by atoms with Crippen LogP contribution in [0.3, 0.4) is 0 Å². The number of nitrogens with zero attached hydrogens (tertiary/aromatic N) is 1. The lowest BCUT2D eigenvalue weighted by Gasteiger charge is -2.28. The molecule has 1 unspecified atom stereocenters. The van der Waals surface area contributed by atoms with Crippen LogP contribution in [0, 0.1) is 0 Å². The maximum Gasteiger partial charge on any atom is 0.306 e. The Bertz CT molecular complexity index is 925. The third kappa shape index (κ3) is 46.0. The first-order chi connectivity index (χ1) is 27.6. The zero-order valence-electron chi connectivity index (χ0n) is 38.6. The van der Waals surface area contributed by atoms with Crippen LogP contribution in [0.15, 0.2) is 12.3 Å². The molecule has 0 saturated carbocycles. The van der Waals surface area contributed by atoms with Gasteiger partial charge in [0.15, 0.2) is 6.10 Å². The standard InChI is InChI=1S/C48H96NO7P/c1-6-8-10-12-14-16-18-20-22-24-25-26-27-29-31-33-35-37-39-41-48(50)56-47(46-55-57(51,52)54-44-42-49(3,4)5)45-53-43-40-38-36-34-32-30-28-23-21-19-17-15-13-11-9-7-2/h40,43,47H,6-39,41-42,44-46H2,1-5H3/b43-40+/t47-/m1/s1. The van der Waals surface area contributed by atoms with Gasteiger partial charge in [0.2, 0.25) is 0 Å². The second-order valence-electron chi connectivity index (χ2n) is 17.9. The minimum absolute atomic E-state index is 0.0205. The Morgan fingerprint density at radius 1 is 0.544 bits per heavy atom. The number of unbranched alkanes of at least 4 members (excludes halogenated alkanes) is 32. The number of phosphoric acid groups is 1. The maximum absolute atomic E-state index is 12.7. The monoisotopic (exact) mass is 830 g/mol. The van der Waals surface area contributed by atoms with Gasteiger partial charge in [0.05, 0.1) is 34.0 Å². The van der Waals surface area contributed by atoms with E-state index < -0.39 is 13.9 Å². The zero-order valence-corrected chi connectivity index (χ0v) is 39.5. The molecule has 0 fully saturated rings. The van der Waals surface area contributed by atoms with Crippen LogP contribution in [-0.2, 0) is 27.9 Å². The summed E-state index contributed by atoms with van der Waals surface area (Å²) >= 11 is 0. The van der Waals surface area contributed by atoms with Gasteiger partial charge in [0.25, 0.3) is 7.82 Å². The maximum atomic E-state index is 12.7. The molecule has 0 radical (unpaired) electrons. The van der Waals surface area contributed by atoms with Gasteiger partial charge < -0.3 is 27.9 Å². The van der Waals surface area contributed by atoms with E-state index in [1.165, 1.54) is 186 Å². The van der Waals surface area contributed by atoms with Crippen LogP contribution in [0.5, 0.6) is 0 Å². The van der Waals surface area contributed by atoms with Crippen molar-refractivity contribution in [2.24, 2.45) is 0 Å². The van der Waals surface area contributed by atoms with E-state index in [0.29, 0.717) is 17.4 Å². The molecule has 0 spiro atoms. The molecule has 0 bridgehead atoms. The summed E-state index contributed by atoms with van der Waals surface area (Å²) in [5, 5.41) is 0. The van der Waals surface area contributed by atoms with Gasteiger partial charge in [-0.25, -0.2) is 0 Å². The average Bonchev–Trinajstić information content (AvgIpc) is 3.16. The fourth-order valence-electron chi connectivity index (χ4n) is 7.10. The molecule has 0 saturated heterocycles. The highest BCUT2D eigenvalue weighted by Crippen LogP contribution is 2.38. The molecule has 8 nitrogen and oxygen atoms in total. The van der Waals surface area contributed by atoms with E-state index in [9.17, 15) is 14.3 Å². The van der Waals surface area contributed by atoms with Crippen molar-refractivity contribution in [3.8, 4) is 0 Å². The van der Waals surface area contributed by atoms with Gasteiger partial charge in [-0.1, -0.05) is 213 Å². The number of rotatable bonds is 46. The van der Waals surface area contributed by atoms with Crippen molar-refractivity contribution < 1.29 is 37.3 Å². The number of carbonyl (C=O) groups excluding carboxylic acids is 1. The molecule has 340 valence electrons. The van der Waals surface area contributed by atoms with Gasteiger partial charge in [-0.2, -0.15) is 0 Å². The largest absolute Gasteiger partial charge is 0.756 e. The summed E-state index contributed by atoms with van der Waals surface area (Å²) < 4.78 is 34.4. The molecule has 57 heavy (non-hydrogen) atoms. The van der Waals surface area contributed by atoms with E-state index in [4.69, 9.17) is 18.5 Å². The molecule has 0 aromatic heterocycles. The molecule has 0 heterocycles. The van der Waals surface area contributed by atoms with Gasteiger partial charge in [-0.3, -0.25) is 9.36 Å². The summed E-state index contributed by atoms with van der Waals surface area (Å²) in [5.74, 6) is -0.350. The first-order valence-electron chi connectivity index (χ1n) is 24.5. The summed E-state index contributed by atoms with van der Waals surface area (Å²) in [6, 6.07) is 0. The van der Waals surface area contributed by atoms with Gasteiger partial charge >= 0.3 is 5.97 Å². The van der Waals surface area contributed by atoms with E-state index in [-0.39, 0.29) is 25.8 Å². The number of allylic oxidation sites excluding steroid dienone is 1. The van der Waals surface area contributed by atoms with E-state index in [0.717, 1.165) is 32.1 Å². The van der Waals surface area contributed by atoms with Crippen molar-refractivity contribution in [3.63, 3.8) is 0 Å². The molecule has 0 rings (SSSR count). The number of ether oxygens (including phenoxy) is 2. The van der Waals surface area contributed by atoms with Crippen molar-refractivity contribution in [2.75, 3.05) is 47.5 Å². The third-order valence-corrected chi connectivity index (χ3v) is 11.9. The van der Waals surface area contributed by atoms with Crippen molar-refractivity contribution in [1.82, 2.24) is 0 Å². The predicted molar refractivity (Wildman–Crippen MR) is 240 cm³/mol. The lowest BCUT2D eigenvalue weighted by molar-refractivity contribution is -0.870. The zero-order chi connectivity index (χ0) is 42.0. The molecular weight excluding hydrogens is 734 g/mol. The first-order valence-corrected chi connectivity index (χ1v) is 25.9. The van der Waals surface area contributed by atoms with Crippen LogP contribution < -0.4 is 4.89 Å². The minimum Gasteiger partial charge on any atom is -0.756 e. The van der Waals surface area contributed by atoms with Crippen LogP contribution in [0.2, 0.25) is 0 Å². The third-order valence-electron chi connectivity index (χ3n) is 10.9.